The van der Waals surface area contributed by atoms with E-state index in [1.165, 1.54) is 5.39 Å². The number of para-hydroxylation sites is 2. The second kappa shape index (κ2) is 13.9. The molecule has 0 saturated heterocycles. The molecule has 7 aromatic carbocycles. The third kappa shape index (κ3) is 5.67. The van der Waals surface area contributed by atoms with E-state index in [-0.39, 0.29) is 0 Å². The van der Waals surface area contributed by atoms with Gasteiger partial charge in [0.25, 0.3) is 0 Å². The molecule has 294 valence electrons. The number of furan rings is 1. The third-order valence-electron chi connectivity index (χ3n) is 12.3. The number of nitrogens with zero attached hydrogens (tertiary/aromatic N) is 6. The number of rotatable bonds is 6. The van der Waals surface area contributed by atoms with Gasteiger partial charge in [0.2, 0.25) is 0 Å². The SMILES string of the molecule is c1ccc(-c2cc(-c3ccccc3)nc(-n3c4ccccc4c4ccc(-c5nccc(-c6ccc7c(c6)c6ccccc6n7-c6ccc7oc8ccncc8c7c6)n5)cc43)c2)cc1. The molecular formula is C56H34N6O. The van der Waals surface area contributed by atoms with Crippen LogP contribution in [0.2, 0.25) is 0 Å². The predicted molar refractivity (Wildman–Crippen MR) is 255 cm³/mol. The third-order valence-corrected chi connectivity index (χ3v) is 12.3. The summed E-state index contributed by atoms with van der Waals surface area (Å²) in [6.07, 6.45) is 5.50. The molecule has 0 bridgehead atoms. The lowest BCUT2D eigenvalue weighted by Gasteiger charge is -2.13. The molecule has 0 aliphatic carbocycles. The zero-order valence-electron chi connectivity index (χ0n) is 33.7. The Hall–Kier alpha value is -8.68. The van der Waals surface area contributed by atoms with Crippen LogP contribution in [-0.2, 0) is 0 Å². The molecule has 13 rings (SSSR count). The van der Waals surface area contributed by atoms with Crippen molar-refractivity contribution in [2.45, 2.75) is 0 Å². The van der Waals surface area contributed by atoms with Crippen molar-refractivity contribution in [2.24, 2.45) is 0 Å². The van der Waals surface area contributed by atoms with Crippen molar-refractivity contribution in [2.75, 3.05) is 0 Å². The van der Waals surface area contributed by atoms with E-state index in [0.29, 0.717) is 5.82 Å². The highest BCUT2D eigenvalue weighted by molar-refractivity contribution is 6.12. The van der Waals surface area contributed by atoms with Crippen LogP contribution in [0.4, 0.5) is 0 Å². The van der Waals surface area contributed by atoms with Crippen molar-refractivity contribution in [1.29, 1.82) is 0 Å². The molecule has 0 amide bonds. The Labute approximate surface area is 360 Å². The fraction of sp³-hybridized carbons (Fsp3) is 0. The summed E-state index contributed by atoms with van der Waals surface area (Å²) >= 11 is 0. The van der Waals surface area contributed by atoms with Gasteiger partial charge >= 0.3 is 0 Å². The van der Waals surface area contributed by atoms with Gasteiger partial charge in [0.05, 0.1) is 33.5 Å². The lowest BCUT2D eigenvalue weighted by Crippen LogP contribution is -2.00. The molecule has 63 heavy (non-hydrogen) atoms. The number of fused-ring (bicyclic) bond motifs is 9. The van der Waals surface area contributed by atoms with Crippen molar-refractivity contribution >= 4 is 65.6 Å². The first-order valence-corrected chi connectivity index (χ1v) is 21.0. The summed E-state index contributed by atoms with van der Waals surface area (Å²) in [5.74, 6) is 1.50. The molecule has 6 aromatic heterocycles. The molecule has 7 heteroatoms. The molecule has 0 radical (unpaired) electrons. The largest absolute Gasteiger partial charge is 0.456 e. The van der Waals surface area contributed by atoms with Gasteiger partial charge in [-0.2, -0.15) is 0 Å². The van der Waals surface area contributed by atoms with Crippen LogP contribution in [0.25, 0.3) is 122 Å². The second-order valence-corrected chi connectivity index (χ2v) is 15.9. The van der Waals surface area contributed by atoms with E-state index in [1.54, 1.807) is 6.20 Å². The molecule has 0 N–H and O–H groups in total. The zero-order valence-corrected chi connectivity index (χ0v) is 33.7. The van der Waals surface area contributed by atoms with Crippen molar-refractivity contribution in [1.82, 2.24) is 29.1 Å². The highest BCUT2D eigenvalue weighted by Crippen LogP contribution is 2.39. The number of hydrogen-bond donors (Lipinski definition) is 0. The highest BCUT2D eigenvalue weighted by atomic mass is 16.3. The van der Waals surface area contributed by atoms with Crippen LogP contribution >= 0.6 is 0 Å². The van der Waals surface area contributed by atoms with Gasteiger partial charge in [-0.3, -0.25) is 9.55 Å². The minimum absolute atomic E-state index is 0.653. The second-order valence-electron chi connectivity index (χ2n) is 15.9. The van der Waals surface area contributed by atoms with E-state index in [9.17, 15) is 0 Å². The normalized spacial score (nSPS) is 11.8. The van der Waals surface area contributed by atoms with Crippen LogP contribution in [0, 0.1) is 0 Å². The van der Waals surface area contributed by atoms with Gasteiger partial charge in [-0.05, 0) is 83.9 Å². The number of pyridine rings is 2. The van der Waals surface area contributed by atoms with Gasteiger partial charge in [0.1, 0.15) is 17.0 Å². The molecule has 0 unspecified atom stereocenters. The number of benzene rings is 7. The molecule has 0 spiro atoms. The molecule has 0 aliphatic rings. The van der Waals surface area contributed by atoms with Gasteiger partial charge in [-0.15, -0.1) is 0 Å². The van der Waals surface area contributed by atoms with Crippen molar-refractivity contribution in [3.05, 3.63) is 207 Å². The minimum Gasteiger partial charge on any atom is -0.456 e. The van der Waals surface area contributed by atoms with E-state index in [4.69, 9.17) is 19.4 Å². The van der Waals surface area contributed by atoms with Crippen molar-refractivity contribution < 1.29 is 4.42 Å². The monoisotopic (exact) mass is 806 g/mol. The first kappa shape index (κ1) is 35.1. The minimum atomic E-state index is 0.653. The van der Waals surface area contributed by atoms with Crippen LogP contribution in [0.3, 0.4) is 0 Å². The first-order valence-electron chi connectivity index (χ1n) is 21.0. The van der Waals surface area contributed by atoms with Gasteiger partial charge in [-0.25, -0.2) is 15.0 Å². The Morgan fingerprint density at radius 1 is 0.365 bits per heavy atom. The Balaban J connectivity index is 0.942. The van der Waals surface area contributed by atoms with Crippen molar-refractivity contribution in [3.8, 4) is 56.5 Å². The summed E-state index contributed by atoms with van der Waals surface area (Å²) in [4.78, 5) is 19.8. The first-order chi connectivity index (χ1) is 31.2. The maximum absolute atomic E-state index is 6.14. The Kier molecular flexibility index (Phi) is 7.77. The van der Waals surface area contributed by atoms with Crippen LogP contribution in [0.15, 0.2) is 211 Å². The molecule has 13 aromatic rings. The fourth-order valence-corrected chi connectivity index (χ4v) is 9.36. The Bertz CT molecular complexity index is 3860. The molecule has 0 saturated carbocycles. The highest BCUT2D eigenvalue weighted by Gasteiger charge is 2.19. The molecule has 0 atom stereocenters. The van der Waals surface area contributed by atoms with Crippen molar-refractivity contribution in [3.63, 3.8) is 0 Å². The smallest absolute Gasteiger partial charge is 0.159 e. The summed E-state index contributed by atoms with van der Waals surface area (Å²) in [6, 6.07) is 65.9. The fourth-order valence-electron chi connectivity index (χ4n) is 9.36. The predicted octanol–water partition coefficient (Wildman–Crippen LogP) is 14.0. The number of hydrogen-bond acceptors (Lipinski definition) is 5. The maximum Gasteiger partial charge on any atom is 0.159 e. The van der Waals surface area contributed by atoms with E-state index in [2.05, 4.69) is 184 Å². The summed E-state index contributed by atoms with van der Waals surface area (Å²) in [5, 5.41) is 6.65. The standard InChI is InChI=1S/C56H34N6O/c1-3-11-35(12-4-1)39-30-48(36-13-5-2-6-14-36)59-55(32-39)62-50-18-10-7-15-41(50)43-22-19-38(31-52(43)62)56-58-28-25-47(60-56)37-20-23-51-44(29-37)42-16-8-9-17-49(42)61(51)40-21-24-53-45(33-40)46-34-57-27-26-54(46)63-53/h1-34H. The average Bonchev–Trinajstić information content (AvgIpc) is 4.01. The van der Waals surface area contributed by atoms with E-state index < -0.39 is 0 Å². The van der Waals surface area contributed by atoms with Gasteiger partial charge in [0.15, 0.2) is 5.82 Å². The summed E-state index contributed by atoms with van der Waals surface area (Å²) in [6.45, 7) is 0. The van der Waals surface area contributed by atoms with Crippen LogP contribution in [0.5, 0.6) is 0 Å². The van der Waals surface area contributed by atoms with Gasteiger partial charge in [-0.1, -0.05) is 115 Å². The maximum atomic E-state index is 6.14. The average molecular weight is 807 g/mol. The topological polar surface area (TPSA) is 74.6 Å². The van der Waals surface area contributed by atoms with E-state index in [1.807, 2.05) is 30.6 Å². The van der Waals surface area contributed by atoms with Crippen LogP contribution in [-0.4, -0.2) is 29.1 Å². The quantitative estimate of drug-likeness (QED) is 0.167. The molecular weight excluding hydrogens is 773 g/mol. The summed E-state index contributed by atoms with van der Waals surface area (Å²) in [5.41, 5.74) is 14.1. The lowest BCUT2D eigenvalue weighted by atomic mass is 10.0. The van der Waals surface area contributed by atoms with E-state index >= 15 is 0 Å². The lowest BCUT2D eigenvalue weighted by molar-refractivity contribution is 0.668. The Morgan fingerprint density at radius 3 is 1.90 bits per heavy atom. The zero-order chi connectivity index (χ0) is 41.4. The molecule has 0 aliphatic heterocycles. The Morgan fingerprint density at radius 2 is 1.06 bits per heavy atom. The summed E-state index contributed by atoms with van der Waals surface area (Å²) < 4.78 is 10.8. The molecule has 7 nitrogen and oxygen atoms in total. The van der Waals surface area contributed by atoms with Gasteiger partial charge < -0.3 is 8.98 Å². The number of aromatic nitrogens is 6. The molecule has 6 heterocycles. The molecule has 0 fully saturated rings. The summed E-state index contributed by atoms with van der Waals surface area (Å²) in [7, 11) is 0. The van der Waals surface area contributed by atoms with Gasteiger partial charge in [0, 0.05) is 73.3 Å². The van der Waals surface area contributed by atoms with E-state index in [0.717, 1.165) is 111 Å². The van der Waals surface area contributed by atoms with Crippen LogP contribution in [0.1, 0.15) is 0 Å². The van der Waals surface area contributed by atoms with Crippen LogP contribution < -0.4 is 0 Å².